The number of piperidine rings is 1. The lowest BCUT2D eigenvalue weighted by atomic mass is 9.93. The molecule has 0 radical (unpaired) electrons. The van der Waals surface area contributed by atoms with E-state index in [0.717, 1.165) is 24.6 Å². The number of rotatable bonds is 4. The van der Waals surface area contributed by atoms with Gasteiger partial charge in [0.1, 0.15) is 5.82 Å². The number of hydrogen-bond donors (Lipinski definition) is 1. The number of nitrogens with one attached hydrogen (secondary N) is 1. The molecular weight excluding hydrogens is 198 g/mol. The Labute approximate surface area is 97.7 Å². The van der Waals surface area contributed by atoms with Gasteiger partial charge < -0.3 is 5.32 Å². The largest absolute Gasteiger partial charge is 0.317 e. The zero-order valence-corrected chi connectivity index (χ0v) is 10.1. The number of hydrogen-bond acceptors (Lipinski definition) is 3. The second-order valence-electron chi connectivity index (χ2n) is 4.59. The Kier molecular flexibility index (Phi) is 4.28. The first-order chi connectivity index (χ1) is 7.88. The summed E-state index contributed by atoms with van der Waals surface area (Å²) in [6.07, 6.45) is 9.85. The topological polar surface area (TPSA) is 37.8 Å². The van der Waals surface area contributed by atoms with Gasteiger partial charge in [-0.3, -0.25) is 0 Å². The minimum Gasteiger partial charge on any atom is -0.317 e. The fourth-order valence-electron chi connectivity index (χ4n) is 2.20. The fourth-order valence-corrected chi connectivity index (χ4v) is 2.20. The van der Waals surface area contributed by atoms with Crippen LogP contribution >= 0.6 is 0 Å². The van der Waals surface area contributed by atoms with Crippen molar-refractivity contribution in [2.24, 2.45) is 5.92 Å². The zero-order valence-electron chi connectivity index (χ0n) is 10.1. The molecular formula is C13H21N3. The highest BCUT2D eigenvalue weighted by Gasteiger charge is 2.13. The number of nitrogens with zero attached hydrogens (tertiary/aromatic N) is 2. The Balaban J connectivity index is 1.79. The molecule has 0 aliphatic carbocycles. The summed E-state index contributed by atoms with van der Waals surface area (Å²) in [7, 11) is 0. The highest BCUT2D eigenvalue weighted by molar-refractivity contribution is 5.04. The van der Waals surface area contributed by atoms with Gasteiger partial charge in [-0.15, -0.1) is 0 Å². The summed E-state index contributed by atoms with van der Waals surface area (Å²) < 4.78 is 0. The van der Waals surface area contributed by atoms with Gasteiger partial charge in [0, 0.05) is 18.8 Å². The monoisotopic (exact) mass is 219 g/mol. The lowest BCUT2D eigenvalue weighted by molar-refractivity contribution is 0.352. The van der Waals surface area contributed by atoms with Crippen LogP contribution in [0, 0.1) is 5.92 Å². The predicted molar refractivity (Wildman–Crippen MR) is 65.3 cm³/mol. The molecule has 1 aromatic heterocycles. The third-order valence-electron chi connectivity index (χ3n) is 3.40. The maximum Gasteiger partial charge on any atom is 0.128 e. The van der Waals surface area contributed by atoms with Crippen LogP contribution in [0.4, 0.5) is 0 Å². The molecule has 0 aromatic carbocycles. The van der Waals surface area contributed by atoms with Crippen molar-refractivity contribution in [3.05, 3.63) is 23.8 Å². The Hall–Kier alpha value is -0.960. The molecule has 88 valence electrons. The molecule has 0 atom stereocenters. The van der Waals surface area contributed by atoms with Crippen molar-refractivity contribution in [1.29, 1.82) is 0 Å². The van der Waals surface area contributed by atoms with Gasteiger partial charge >= 0.3 is 0 Å². The SMILES string of the molecule is CCc1cnc(CCC2CCNCC2)nc1. The molecule has 16 heavy (non-hydrogen) atoms. The van der Waals surface area contributed by atoms with Crippen LogP contribution in [0.25, 0.3) is 0 Å². The minimum atomic E-state index is 0.871. The standard InChI is InChI=1S/C13H21N3/c1-2-11-9-15-13(16-10-11)4-3-12-5-7-14-8-6-12/h9-10,12,14H,2-8H2,1H3. The molecule has 2 rings (SSSR count). The van der Waals surface area contributed by atoms with Gasteiger partial charge in [0.25, 0.3) is 0 Å². The summed E-state index contributed by atoms with van der Waals surface area (Å²) in [4.78, 5) is 8.81. The van der Waals surface area contributed by atoms with Crippen LogP contribution in [0.2, 0.25) is 0 Å². The molecule has 1 saturated heterocycles. The van der Waals surface area contributed by atoms with Crippen LogP contribution in [0.15, 0.2) is 12.4 Å². The van der Waals surface area contributed by atoms with Gasteiger partial charge in [-0.05, 0) is 50.3 Å². The Morgan fingerprint density at radius 1 is 1.25 bits per heavy atom. The van der Waals surface area contributed by atoms with Crippen LogP contribution in [0.5, 0.6) is 0 Å². The molecule has 0 amide bonds. The van der Waals surface area contributed by atoms with Crippen LogP contribution in [0.1, 0.15) is 37.6 Å². The van der Waals surface area contributed by atoms with Crippen LogP contribution < -0.4 is 5.32 Å². The van der Waals surface area contributed by atoms with E-state index < -0.39 is 0 Å². The second kappa shape index (κ2) is 5.94. The molecule has 0 saturated carbocycles. The summed E-state index contributed by atoms with van der Waals surface area (Å²) in [6.45, 7) is 4.49. The average Bonchev–Trinajstić information content (AvgIpc) is 2.38. The van der Waals surface area contributed by atoms with Crippen molar-refractivity contribution in [1.82, 2.24) is 15.3 Å². The van der Waals surface area contributed by atoms with Crippen LogP contribution in [-0.4, -0.2) is 23.1 Å². The van der Waals surface area contributed by atoms with E-state index in [4.69, 9.17) is 0 Å². The zero-order chi connectivity index (χ0) is 11.2. The van der Waals surface area contributed by atoms with Gasteiger partial charge in [-0.2, -0.15) is 0 Å². The quantitative estimate of drug-likeness (QED) is 0.841. The highest BCUT2D eigenvalue weighted by Crippen LogP contribution is 2.17. The van der Waals surface area contributed by atoms with E-state index in [2.05, 4.69) is 22.2 Å². The van der Waals surface area contributed by atoms with E-state index in [1.807, 2.05) is 12.4 Å². The Bertz CT molecular complexity index is 301. The fraction of sp³-hybridized carbons (Fsp3) is 0.692. The minimum absolute atomic E-state index is 0.871. The number of aryl methyl sites for hydroxylation is 2. The van der Waals surface area contributed by atoms with Gasteiger partial charge in [0.2, 0.25) is 0 Å². The Morgan fingerprint density at radius 2 is 1.94 bits per heavy atom. The summed E-state index contributed by atoms with van der Waals surface area (Å²) >= 11 is 0. The van der Waals surface area contributed by atoms with Gasteiger partial charge in [0.15, 0.2) is 0 Å². The molecule has 0 bridgehead atoms. The molecule has 1 aromatic rings. The lowest BCUT2D eigenvalue weighted by Gasteiger charge is -2.21. The van der Waals surface area contributed by atoms with Crippen LogP contribution in [0.3, 0.4) is 0 Å². The average molecular weight is 219 g/mol. The van der Waals surface area contributed by atoms with Crippen molar-refractivity contribution >= 4 is 0 Å². The normalized spacial score (nSPS) is 17.6. The third-order valence-corrected chi connectivity index (χ3v) is 3.40. The van der Waals surface area contributed by atoms with Gasteiger partial charge in [-0.1, -0.05) is 6.92 Å². The van der Waals surface area contributed by atoms with Crippen molar-refractivity contribution in [3.8, 4) is 0 Å². The van der Waals surface area contributed by atoms with E-state index in [1.54, 1.807) is 0 Å². The van der Waals surface area contributed by atoms with Gasteiger partial charge in [0.05, 0.1) is 0 Å². The predicted octanol–water partition coefficient (Wildman–Crippen LogP) is 1.97. The molecule has 3 nitrogen and oxygen atoms in total. The maximum absolute atomic E-state index is 4.41. The van der Waals surface area contributed by atoms with E-state index in [0.29, 0.717) is 0 Å². The highest BCUT2D eigenvalue weighted by atomic mass is 14.9. The molecule has 1 aliphatic rings. The number of aromatic nitrogens is 2. The summed E-state index contributed by atoms with van der Waals surface area (Å²) in [5.74, 6) is 1.88. The summed E-state index contributed by atoms with van der Waals surface area (Å²) in [6, 6.07) is 0. The van der Waals surface area contributed by atoms with E-state index in [9.17, 15) is 0 Å². The maximum atomic E-state index is 4.41. The first-order valence-electron chi connectivity index (χ1n) is 6.39. The molecule has 1 fully saturated rings. The van der Waals surface area contributed by atoms with E-state index in [-0.39, 0.29) is 0 Å². The van der Waals surface area contributed by atoms with Crippen LogP contribution in [-0.2, 0) is 12.8 Å². The molecule has 0 unspecified atom stereocenters. The Morgan fingerprint density at radius 3 is 2.56 bits per heavy atom. The third kappa shape index (κ3) is 3.27. The molecule has 3 heteroatoms. The molecule has 0 spiro atoms. The van der Waals surface area contributed by atoms with Crippen molar-refractivity contribution < 1.29 is 0 Å². The van der Waals surface area contributed by atoms with Crippen molar-refractivity contribution in [3.63, 3.8) is 0 Å². The first kappa shape index (κ1) is 11.5. The van der Waals surface area contributed by atoms with E-state index >= 15 is 0 Å². The summed E-state index contributed by atoms with van der Waals surface area (Å²) in [5, 5.41) is 3.40. The van der Waals surface area contributed by atoms with Crippen molar-refractivity contribution in [2.45, 2.75) is 39.0 Å². The summed E-state index contributed by atoms with van der Waals surface area (Å²) in [5.41, 5.74) is 1.23. The smallest absolute Gasteiger partial charge is 0.128 e. The van der Waals surface area contributed by atoms with E-state index in [1.165, 1.54) is 37.9 Å². The van der Waals surface area contributed by atoms with Gasteiger partial charge in [-0.25, -0.2) is 9.97 Å². The second-order valence-corrected chi connectivity index (χ2v) is 4.59. The molecule has 2 heterocycles. The molecule has 1 N–H and O–H groups in total. The van der Waals surface area contributed by atoms with Crippen molar-refractivity contribution in [2.75, 3.05) is 13.1 Å². The molecule has 1 aliphatic heterocycles. The first-order valence-corrected chi connectivity index (χ1v) is 6.39. The lowest BCUT2D eigenvalue weighted by Crippen LogP contribution is -2.28.